The van der Waals surface area contributed by atoms with Gasteiger partial charge in [-0.1, -0.05) is 0 Å². The molecule has 2 rings (SSSR count). The third-order valence-corrected chi connectivity index (χ3v) is 3.57. The molecule has 1 heterocycles. The predicted molar refractivity (Wildman–Crippen MR) is 81.0 cm³/mol. The Labute approximate surface area is 135 Å². The van der Waals surface area contributed by atoms with Gasteiger partial charge < -0.3 is 18.6 Å². The maximum Gasteiger partial charge on any atom is 0.408 e. The average molecular weight is 325 g/mol. The van der Waals surface area contributed by atoms with Gasteiger partial charge in [-0.25, -0.2) is 9.59 Å². The quantitative estimate of drug-likeness (QED) is 0.837. The Bertz CT molecular complexity index is 584. The van der Waals surface area contributed by atoms with E-state index in [-0.39, 0.29) is 17.6 Å². The van der Waals surface area contributed by atoms with E-state index in [2.05, 4.69) is 5.32 Å². The predicted octanol–water partition coefficient (Wildman–Crippen LogP) is 2.59. The average Bonchev–Trinajstić information content (AvgIpc) is 3.19. The summed E-state index contributed by atoms with van der Waals surface area (Å²) in [6, 6.07) is 3.19. The molecule has 7 nitrogen and oxygen atoms in total. The van der Waals surface area contributed by atoms with E-state index in [1.807, 2.05) is 0 Å². The fourth-order valence-corrected chi connectivity index (χ4v) is 2.47. The molecule has 0 radical (unpaired) electrons. The van der Waals surface area contributed by atoms with Crippen molar-refractivity contribution in [3.8, 4) is 5.95 Å². The first-order valence-electron chi connectivity index (χ1n) is 7.47. The Morgan fingerprint density at radius 2 is 1.87 bits per heavy atom. The monoisotopic (exact) mass is 325 g/mol. The van der Waals surface area contributed by atoms with Crippen LogP contribution in [0.15, 0.2) is 16.5 Å². The Morgan fingerprint density at radius 3 is 2.30 bits per heavy atom. The van der Waals surface area contributed by atoms with Crippen LogP contribution in [-0.2, 0) is 19.8 Å². The third-order valence-electron chi connectivity index (χ3n) is 3.57. The number of hydrogen-bond acceptors (Lipinski definition) is 6. The number of ether oxygens (including phenoxy) is 3. The van der Waals surface area contributed by atoms with Crippen molar-refractivity contribution in [2.24, 2.45) is 5.92 Å². The molecule has 1 fully saturated rings. The van der Waals surface area contributed by atoms with E-state index in [0.717, 1.165) is 12.8 Å². The van der Waals surface area contributed by atoms with Gasteiger partial charge in [-0.3, -0.25) is 5.32 Å². The molecule has 1 saturated carbocycles. The highest BCUT2D eigenvalue weighted by Crippen LogP contribution is 2.47. The molecule has 7 heteroatoms. The zero-order valence-corrected chi connectivity index (χ0v) is 14.1. The first kappa shape index (κ1) is 17.2. The molecule has 1 amide bonds. The van der Waals surface area contributed by atoms with Gasteiger partial charge in [0, 0.05) is 12.0 Å². The van der Waals surface area contributed by atoms with E-state index >= 15 is 0 Å². The summed E-state index contributed by atoms with van der Waals surface area (Å²) in [5.41, 5.74) is -2.09. The molecule has 0 unspecified atom stereocenters. The van der Waals surface area contributed by atoms with Crippen LogP contribution in [0.2, 0.25) is 0 Å². The lowest BCUT2D eigenvalue weighted by atomic mass is 9.90. The normalized spacial score (nSPS) is 17.1. The molecule has 0 saturated heterocycles. The molecule has 23 heavy (non-hydrogen) atoms. The van der Waals surface area contributed by atoms with Crippen molar-refractivity contribution >= 4 is 12.1 Å². The Morgan fingerprint density at radius 1 is 1.22 bits per heavy atom. The van der Waals surface area contributed by atoms with Crippen LogP contribution in [0.3, 0.4) is 0 Å². The summed E-state index contributed by atoms with van der Waals surface area (Å²) >= 11 is 0. The highest BCUT2D eigenvalue weighted by molar-refractivity contribution is 5.87. The van der Waals surface area contributed by atoms with E-state index in [1.54, 1.807) is 32.9 Å². The number of rotatable bonds is 5. The topological polar surface area (TPSA) is 87.0 Å². The van der Waals surface area contributed by atoms with E-state index in [4.69, 9.17) is 18.6 Å². The molecule has 0 bridgehead atoms. The lowest BCUT2D eigenvalue weighted by Gasteiger charge is -2.31. The molecule has 128 valence electrons. The van der Waals surface area contributed by atoms with Gasteiger partial charge in [0.05, 0.1) is 14.2 Å². The van der Waals surface area contributed by atoms with Gasteiger partial charge in [0.1, 0.15) is 11.4 Å². The van der Waals surface area contributed by atoms with Gasteiger partial charge in [-0.05, 0) is 39.7 Å². The Hall–Kier alpha value is -2.18. The van der Waals surface area contributed by atoms with Crippen LogP contribution in [0.1, 0.15) is 39.4 Å². The van der Waals surface area contributed by atoms with Crippen molar-refractivity contribution in [3.63, 3.8) is 0 Å². The van der Waals surface area contributed by atoms with Crippen LogP contribution in [-0.4, -0.2) is 31.9 Å². The number of amides is 1. The van der Waals surface area contributed by atoms with Crippen molar-refractivity contribution < 1.29 is 28.2 Å². The second-order valence-electron chi connectivity index (χ2n) is 6.52. The molecule has 1 aliphatic carbocycles. The summed E-state index contributed by atoms with van der Waals surface area (Å²) < 4.78 is 20.8. The maximum atomic E-state index is 12.5. The SMILES string of the molecule is COC(=O)[C@](NC(=O)OC(C)(C)C)(c1ccc(OC)o1)C1CC1. The van der Waals surface area contributed by atoms with Gasteiger partial charge in [0.2, 0.25) is 5.54 Å². The zero-order valence-electron chi connectivity index (χ0n) is 14.1. The summed E-state index contributed by atoms with van der Waals surface area (Å²) in [5.74, 6) is -0.185. The van der Waals surface area contributed by atoms with E-state index in [0.29, 0.717) is 0 Å². The van der Waals surface area contributed by atoms with Crippen LogP contribution in [0.4, 0.5) is 4.79 Å². The lowest BCUT2D eigenvalue weighted by Crippen LogP contribution is -2.55. The van der Waals surface area contributed by atoms with Crippen LogP contribution >= 0.6 is 0 Å². The minimum atomic E-state index is -1.41. The summed E-state index contributed by atoms with van der Waals surface area (Å²) in [6.45, 7) is 5.25. The number of alkyl carbamates (subject to hydrolysis) is 1. The van der Waals surface area contributed by atoms with Crippen LogP contribution in [0, 0.1) is 5.92 Å². The molecule has 1 atom stereocenters. The van der Waals surface area contributed by atoms with Crippen molar-refractivity contribution in [1.29, 1.82) is 0 Å². The number of esters is 1. The van der Waals surface area contributed by atoms with Gasteiger partial charge in [0.25, 0.3) is 5.95 Å². The first-order valence-corrected chi connectivity index (χ1v) is 7.47. The first-order chi connectivity index (χ1) is 10.7. The summed E-state index contributed by atoms with van der Waals surface area (Å²) in [5, 5.41) is 2.67. The molecule has 1 N–H and O–H groups in total. The second-order valence-corrected chi connectivity index (χ2v) is 6.52. The number of hydrogen-bond donors (Lipinski definition) is 1. The second kappa shape index (κ2) is 6.14. The molecule has 1 aliphatic rings. The van der Waals surface area contributed by atoms with Gasteiger partial charge in [-0.2, -0.15) is 0 Å². The summed E-state index contributed by atoms with van der Waals surface area (Å²) in [7, 11) is 2.73. The number of carbonyl (C=O) groups excluding carboxylic acids is 2. The molecule has 0 aliphatic heterocycles. The van der Waals surface area contributed by atoms with E-state index in [1.165, 1.54) is 14.2 Å². The van der Waals surface area contributed by atoms with Crippen LogP contribution in [0.25, 0.3) is 0 Å². The fourth-order valence-electron chi connectivity index (χ4n) is 2.47. The largest absolute Gasteiger partial charge is 0.468 e. The minimum absolute atomic E-state index is 0.113. The standard InChI is InChI=1S/C16H23NO6/c1-15(2,3)23-14(19)17-16(10-6-7-10,13(18)21-5)11-8-9-12(20-4)22-11/h8-10H,6-7H2,1-5H3,(H,17,19)/t16-/m1/s1. The number of nitrogens with one attached hydrogen (secondary N) is 1. The minimum Gasteiger partial charge on any atom is -0.468 e. The van der Waals surface area contributed by atoms with Gasteiger partial charge in [0.15, 0.2) is 0 Å². The van der Waals surface area contributed by atoms with Crippen molar-refractivity contribution in [1.82, 2.24) is 5.32 Å². The number of furan rings is 1. The van der Waals surface area contributed by atoms with Gasteiger partial charge >= 0.3 is 12.1 Å². The van der Waals surface area contributed by atoms with Crippen LogP contribution < -0.4 is 10.1 Å². The highest BCUT2D eigenvalue weighted by atomic mass is 16.6. The molecule has 0 aromatic carbocycles. The highest BCUT2D eigenvalue weighted by Gasteiger charge is 2.57. The maximum absolute atomic E-state index is 12.5. The summed E-state index contributed by atoms with van der Waals surface area (Å²) in [4.78, 5) is 24.8. The van der Waals surface area contributed by atoms with E-state index in [9.17, 15) is 9.59 Å². The smallest absolute Gasteiger partial charge is 0.408 e. The van der Waals surface area contributed by atoms with Crippen molar-refractivity contribution in [2.45, 2.75) is 44.8 Å². The van der Waals surface area contributed by atoms with Crippen molar-refractivity contribution in [2.75, 3.05) is 14.2 Å². The Balaban J connectivity index is 2.38. The molecule has 1 aromatic heterocycles. The number of carbonyl (C=O) groups is 2. The third kappa shape index (κ3) is 3.60. The lowest BCUT2D eigenvalue weighted by molar-refractivity contribution is -0.151. The van der Waals surface area contributed by atoms with Gasteiger partial charge in [-0.15, -0.1) is 0 Å². The molecular formula is C16H23NO6. The van der Waals surface area contributed by atoms with Crippen LogP contribution in [0.5, 0.6) is 5.95 Å². The van der Waals surface area contributed by atoms with Crippen molar-refractivity contribution in [3.05, 3.63) is 17.9 Å². The molecule has 0 spiro atoms. The molecule has 1 aromatic rings. The zero-order chi connectivity index (χ0) is 17.3. The Kier molecular flexibility index (Phi) is 4.58. The number of methoxy groups -OCH3 is 2. The summed E-state index contributed by atoms with van der Waals surface area (Å²) in [6.07, 6.45) is 0.840. The molecular weight excluding hydrogens is 302 g/mol. The fraction of sp³-hybridized carbons (Fsp3) is 0.625. The van der Waals surface area contributed by atoms with E-state index < -0.39 is 23.2 Å².